The second-order valence-electron chi connectivity index (χ2n) is 3.38. The Morgan fingerprint density at radius 3 is 2.78 bits per heavy atom. The van der Waals surface area contributed by atoms with E-state index in [2.05, 4.69) is 10.1 Å². The average molecular weight is 246 g/mol. The summed E-state index contributed by atoms with van der Waals surface area (Å²) in [7, 11) is 0. The highest BCUT2D eigenvalue weighted by Crippen LogP contribution is 2.20. The summed E-state index contributed by atoms with van der Waals surface area (Å²) in [6.45, 7) is 0. The Bertz CT molecular complexity index is 671. The molecule has 1 amide bonds. The quantitative estimate of drug-likeness (QED) is 0.719. The number of nitriles is 1. The van der Waals surface area contributed by atoms with Crippen molar-refractivity contribution in [3.05, 3.63) is 35.7 Å². The normalized spacial score (nSPS) is 10.0. The van der Waals surface area contributed by atoms with Gasteiger partial charge in [-0.25, -0.2) is 14.1 Å². The van der Waals surface area contributed by atoms with E-state index in [9.17, 15) is 9.18 Å². The van der Waals surface area contributed by atoms with Gasteiger partial charge in [0.2, 0.25) is 0 Å². The molecule has 0 aliphatic heterocycles. The lowest BCUT2D eigenvalue weighted by Crippen LogP contribution is -2.15. The van der Waals surface area contributed by atoms with Gasteiger partial charge in [-0.2, -0.15) is 5.26 Å². The molecule has 8 heteroatoms. The van der Waals surface area contributed by atoms with Crippen molar-refractivity contribution in [2.24, 2.45) is 5.73 Å². The fraction of sp³-hybridized carbons (Fsp3) is 0. The highest BCUT2D eigenvalue weighted by Gasteiger charge is 2.14. The van der Waals surface area contributed by atoms with Crippen molar-refractivity contribution >= 4 is 11.6 Å². The standard InChI is InChI=1S/C10H7FN6O/c11-6-2-7(13)5(10(14)18)1-8(6)17-4-15-9(3-12)16-17/h1-2,4H,13H2,(H2,14,18). The molecule has 0 aliphatic rings. The number of nitrogens with zero attached hydrogens (tertiary/aromatic N) is 4. The first-order valence-electron chi connectivity index (χ1n) is 4.74. The maximum absolute atomic E-state index is 13.7. The largest absolute Gasteiger partial charge is 0.398 e. The number of aromatic nitrogens is 3. The lowest BCUT2D eigenvalue weighted by atomic mass is 10.1. The molecule has 0 atom stereocenters. The third kappa shape index (κ3) is 1.84. The smallest absolute Gasteiger partial charge is 0.252 e. The van der Waals surface area contributed by atoms with Gasteiger partial charge in [0.1, 0.15) is 18.1 Å². The number of nitrogens with two attached hydrogens (primary N) is 2. The summed E-state index contributed by atoms with van der Waals surface area (Å²) < 4.78 is 14.7. The molecule has 0 fully saturated rings. The molecule has 1 aromatic heterocycles. The van der Waals surface area contributed by atoms with E-state index in [4.69, 9.17) is 16.7 Å². The summed E-state index contributed by atoms with van der Waals surface area (Å²) in [4.78, 5) is 14.7. The van der Waals surface area contributed by atoms with Crippen LogP contribution in [0.2, 0.25) is 0 Å². The Morgan fingerprint density at radius 1 is 1.50 bits per heavy atom. The van der Waals surface area contributed by atoms with Crippen LogP contribution < -0.4 is 11.5 Å². The van der Waals surface area contributed by atoms with Crippen LogP contribution >= 0.6 is 0 Å². The van der Waals surface area contributed by atoms with Gasteiger partial charge in [0.25, 0.3) is 11.7 Å². The molecule has 7 nitrogen and oxygen atoms in total. The molecule has 0 aliphatic carbocycles. The van der Waals surface area contributed by atoms with E-state index < -0.39 is 11.7 Å². The molecule has 0 saturated carbocycles. The van der Waals surface area contributed by atoms with Gasteiger partial charge in [0, 0.05) is 5.69 Å². The van der Waals surface area contributed by atoms with Gasteiger partial charge in [-0.3, -0.25) is 4.79 Å². The highest BCUT2D eigenvalue weighted by molar-refractivity contribution is 5.98. The maximum atomic E-state index is 13.7. The number of carbonyl (C=O) groups is 1. The molecule has 0 saturated heterocycles. The van der Waals surface area contributed by atoms with Gasteiger partial charge in [-0.15, -0.1) is 5.10 Å². The van der Waals surface area contributed by atoms with Crippen LogP contribution in [0.25, 0.3) is 5.69 Å². The van der Waals surface area contributed by atoms with Crippen LogP contribution in [0.4, 0.5) is 10.1 Å². The summed E-state index contributed by atoms with van der Waals surface area (Å²) in [6.07, 6.45) is 1.15. The maximum Gasteiger partial charge on any atom is 0.252 e. The Morgan fingerprint density at radius 2 is 2.22 bits per heavy atom. The number of carbonyl (C=O) groups excluding carboxylic acids is 1. The van der Waals surface area contributed by atoms with Crippen molar-refractivity contribution in [2.45, 2.75) is 0 Å². The molecule has 4 N–H and O–H groups in total. The molecule has 18 heavy (non-hydrogen) atoms. The van der Waals surface area contributed by atoms with Gasteiger partial charge < -0.3 is 11.5 Å². The summed E-state index contributed by atoms with van der Waals surface area (Å²) in [5, 5.41) is 12.3. The zero-order valence-corrected chi connectivity index (χ0v) is 8.96. The zero-order chi connectivity index (χ0) is 13.3. The number of anilines is 1. The first kappa shape index (κ1) is 11.5. The monoisotopic (exact) mass is 246 g/mol. The van der Waals surface area contributed by atoms with Crippen molar-refractivity contribution in [3.8, 4) is 11.8 Å². The van der Waals surface area contributed by atoms with Crippen LogP contribution in [-0.4, -0.2) is 20.7 Å². The van der Waals surface area contributed by atoms with Gasteiger partial charge in [0.05, 0.1) is 5.56 Å². The predicted molar refractivity (Wildman–Crippen MR) is 59.0 cm³/mol. The van der Waals surface area contributed by atoms with E-state index in [1.54, 1.807) is 6.07 Å². The van der Waals surface area contributed by atoms with E-state index >= 15 is 0 Å². The number of hydrogen-bond acceptors (Lipinski definition) is 5. The topological polar surface area (TPSA) is 124 Å². The molecule has 1 heterocycles. The summed E-state index contributed by atoms with van der Waals surface area (Å²) in [5.74, 6) is -1.60. The number of rotatable bonds is 2. The third-order valence-electron chi connectivity index (χ3n) is 2.22. The first-order chi connectivity index (χ1) is 8.52. The van der Waals surface area contributed by atoms with E-state index in [-0.39, 0.29) is 22.8 Å². The van der Waals surface area contributed by atoms with Gasteiger partial charge >= 0.3 is 0 Å². The molecule has 0 unspecified atom stereocenters. The minimum atomic E-state index is -0.783. The fourth-order valence-corrected chi connectivity index (χ4v) is 1.40. The SMILES string of the molecule is N#Cc1ncn(-c2cc(C(N)=O)c(N)cc2F)n1. The summed E-state index contributed by atoms with van der Waals surface area (Å²) >= 11 is 0. The van der Waals surface area contributed by atoms with Crippen LogP contribution in [0.5, 0.6) is 0 Å². The fourth-order valence-electron chi connectivity index (χ4n) is 1.40. The number of nitrogen functional groups attached to an aromatic ring is 1. The average Bonchev–Trinajstić information content (AvgIpc) is 2.77. The van der Waals surface area contributed by atoms with E-state index in [1.165, 1.54) is 0 Å². The second kappa shape index (κ2) is 4.14. The first-order valence-corrected chi connectivity index (χ1v) is 4.74. The Balaban J connectivity index is 2.61. The molecule has 2 aromatic rings. The summed E-state index contributed by atoms with van der Waals surface area (Å²) in [6, 6.07) is 3.82. The lowest BCUT2D eigenvalue weighted by molar-refractivity contribution is 0.100. The van der Waals surface area contributed by atoms with Gasteiger partial charge in [-0.1, -0.05) is 0 Å². The number of halogens is 1. The number of amides is 1. The predicted octanol–water partition coefficient (Wildman–Crippen LogP) is -0.0408. The van der Waals surface area contributed by atoms with E-state index in [0.29, 0.717) is 0 Å². The van der Waals surface area contributed by atoms with Crippen LogP contribution in [0, 0.1) is 17.1 Å². The van der Waals surface area contributed by atoms with Crippen molar-refractivity contribution in [1.29, 1.82) is 5.26 Å². The molecule has 2 rings (SSSR count). The number of primary amides is 1. The molecular formula is C10H7FN6O. The van der Waals surface area contributed by atoms with Crippen molar-refractivity contribution in [1.82, 2.24) is 14.8 Å². The van der Waals surface area contributed by atoms with Crippen molar-refractivity contribution in [2.75, 3.05) is 5.73 Å². The van der Waals surface area contributed by atoms with Crippen LogP contribution in [0.1, 0.15) is 16.2 Å². The lowest BCUT2D eigenvalue weighted by Gasteiger charge is -2.07. The van der Waals surface area contributed by atoms with Gasteiger partial charge in [-0.05, 0) is 12.1 Å². The zero-order valence-electron chi connectivity index (χ0n) is 8.96. The number of hydrogen-bond donors (Lipinski definition) is 2. The molecule has 1 aromatic carbocycles. The van der Waals surface area contributed by atoms with E-state index in [1.807, 2.05) is 0 Å². The van der Waals surface area contributed by atoms with Gasteiger partial charge in [0.15, 0.2) is 5.82 Å². The second-order valence-corrected chi connectivity index (χ2v) is 3.38. The molecule has 0 bridgehead atoms. The molecular weight excluding hydrogens is 239 g/mol. The van der Waals surface area contributed by atoms with Crippen molar-refractivity contribution in [3.63, 3.8) is 0 Å². The number of benzene rings is 1. The summed E-state index contributed by atoms with van der Waals surface area (Å²) in [5.41, 5.74) is 10.4. The Hall–Kier alpha value is -2.95. The van der Waals surface area contributed by atoms with Crippen molar-refractivity contribution < 1.29 is 9.18 Å². The molecule has 0 spiro atoms. The Labute approximate surface area is 100 Å². The molecule has 0 radical (unpaired) electrons. The highest BCUT2D eigenvalue weighted by atomic mass is 19.1. The van der Waals surface area contributed by atoms with Crippen LogP contribution in [0.3, 0.4) is 0 Å². The Kier molecular flexibility index (Phi) is 2.65. The minimum absolute atomic E-state index is 0.0274. The molecule has 90 valence electrons. The third-order valence-corrected chi connectivity index (χ3v) is 2.22. The minimum Gasteiger partial charge on any atom is -0.398 e. The van der Waals surface area contributed by atoms with E-state index in [0.717, 1.165) is 23.1 Å². The van der Waals surface area contributed by atoms with Crippen LogP contribution in [0.15, 0.2) is 18.5 Å². The van der Waals surface area contributed by atoms with Crippen LogP contribution in [-0.2, 0) is 0 Å².